The third-order valence-corrected chi connectivity index (χ3v) is 6.62. The Morgan fingerprint density at radius 2 is 2.00 bits per heavy atom. The molecule has 1 aliphatic carbocycles. The molecule has 2 rings (SSSR count). The van der Waals surface area contributed by atoms with Crippen LogP contribution in [0.1, 0.15) is 25.7 Å². The van der Waals surface area contributed by atoms with Crippen molar-refractivity contribution in [2.75, 3.05) is 23.8 Å². The summed E-state index contributed by atoms with van der Waals surface area (Å²) >= 11 is 3.82. The average Bonchev–Trinajstić information content (AvgIpc) is 2.46. The number of carboxylic acids is 1. The summed E-state index contributed by atoms with van der Waals surface area (Å²) in [4.78, 5) is 23.1. The molecule has 3 unspecified atom stereocenters. The number of carboxylic acid groups (broad SMARTS) is 1. The molecule has 0 radical (unpaired) electrons. The number of carbonyl (C=O) groups excluding carboxylic acids is 1. The van der Waals surface area contributed by atoms with Gasteiger partial charge in [-0.05, 0) is 12.8 Å². The second-order valence-corrected chi connectivity index (χ2v) is 7.82. The number of amides is 2. The molecule has 3 N–H and O–H groups in total. The molecular weight excluding hydrogens is 296 g/mol. The fraction of sp³-hybridized carbons (Fsp3) is 0.846. The molecule has 1 heterocycles. The van der Waals surface area contributed by atoms with Crippen LogP contribution in [0.4, 0.5) is 4.79 Å². The van der Waals surface area contributed by atoms with Crippen molar-refractivity contribution in [2.45, 2.75) is 37.0 Å². The molecule has 0 aromatic carbocycles. The Hall–Kier alpha value is -0.560. The van der Waals surface area contributed by atoms with Gasteiger partial charge in [-0.1, -0.05) is 12.8 Å². The smallest absolute Gasteiger partial charge is 0.315 e. The van der Waals surface area contributed by atoms with E-state index in [4.69, 9.17) is 0 Å². The lowest BCUT2D eigenvalue weighted by Crippen LogP contribution is -2.50. The largest absolute Gasteiger partial charge is 0.481 e. The lowest BCUT2D eigenvalue weighted by molar-refractivity contribution is -0.143. The van der Waals surface area contributed by atoms with Gasteiger partial charge in [-0.15, -0.1) is 0 Å². The Morgan fingerprint density at radius 3 is 2.70 bits per heavy atom. The van der Waals surface area contributed by atoms with Crippen molar-refractivity contribution in [1.82, 2.24) is 10.6 Å². The number of aliphatic carboxylic acids is 1. The van der Waals surface area contributed by atoms with Gasteiger partial charge < -0.3 is 15.7 Å². The Kier molecular flexibility index (Phi) is 6.35. The highest BCUT2D eigenvalue weighted by Crippen LogP contribution is 2.25. The lowest BCUT2D eigenvalue weighted by atomic mass is 9.84. The maximum absolute atomic E-state index is 11.9. The van der Waals surface area contributed by atoms with Crippen LogP contribution < -0.4 is 10.6 Å². The first-order valence-electron chi connectivity index (χ1n) is 7.13. The molecule has 20 heavy (non-hydrogen) atoms. The SMILES string of the molecule is O=C(NCC1CSCCS1)NC1CCCCC1C(=O)O. The van der Waals surface area contributed by atoms with Crippen LogP contribution in [0.3, 0.4) is 0 Å². The lowest BCUT2D eigenvalue weighted by Gasteiger charge is -2.29. The van der Waals surface area contributed by atoms with E-state index in [1.807, 2.05) is 23.5 Å². The Balaban J connectivity index is 1.73. The van der Waals surface area contributed by atoms with Crippen molar-refractivity contribution in [1.29, 1.82) is 0 Å². The van der Waals surface area contributed by atoms with E-state index >= 15 is 0 Å². The average molecular weight is 318 g/mol. The zero-order valence-electron chi connectivity index (χ0n) is 11.5. The molecule has 5 nitrogen and oxygen atoms in total. The number of rotatable bonds is 4. The first-order chi connectivity index (χ1) is 9.66. The molecule has 0 spiro atoms. The monoisotopic (exact) mass is 318 g/mol. The first-order valence-corrected chi connectivity index (χ1v) is 9.33. The number of hydrogen-bond acceptors (Lipinski definition) is 4. The zero-order valence-corrected chi connectivity index (χ0v) is 13.1. The molecular formula is C13H22N2O3S2. The maximum atomic E-state index is 11.9. The fourth-order valence-corrected chi connectivity index (χ4v) is 5.29. The highest BCUT2D eigenvalue weighted by molar-refractivity contribution is 8.06. The minimum atomic E-state index is -0.797. The highest BCUT2D eigenvalue weighted by atomic mass is 32.2. The molecule has 2 amide bonds. The number of urea groups is 1. The number of carbonyl (C=O) groups is 2. The second-order valence-electron chi connectivity index (χ2n) is 5.26. The van der Waals surface area contributed by atoms with Crippen molar-refractivity contribution < 1.29 is 14.7 Å². The predicted molar refractivity (Wildman–Crippen MR) is 83.5 cm³/mol. The van der Waals surface area contributed by atoms with Crippen LogP contribution in [0.15, 0.2) is 0 Å². The number of thioether (sulfide) groups is 2. The standard InChI is InChI=1S/C13H22N2O3S2/c16-12(17)10-3-1-2-4-11(10)15-13(18)14-7-9-8-19-5-6-20-9/h9-11H,1-8H2,(H,16,17)(H2,14,15,18). The predicted octanol–water partition coefficient (Wildman–Crippen LogP) is 1.78. The van der Waals surface area contributed by atoms with Crippen LogP contribution in [-0.2, 0) is 4.79 Å². The van der Waals surface area contributed by atoms with E-state index < -0.39 is 11.9 Å². The van der Waals surface area contributed by atoms with E-state index in [0.717, 1.165) is 30.8 Å². The summed E-state index contributed by atoms with van der Waals surface area (Å²) in [5.74, 6) is 2.17. The summed E-state index contributed by atoms with van der Waals surface area (Å²) in [5.41, 5.74) is 0. The molecule has 7 heteroatoms. The number of hydrogen-bond donors (Lipinski definition) is 3. The first kappa shape index (κ1) is 15.8. The molecule has 2 fully saturated rings. The van der Waals surface area contributed by atoms with E-state index in [1.54, 1.807) is 0 Å². The van der Waals surface area contributed by atoms with Gasteiger partial charge in [-0.25, -0.2) is 4.79 Å². The summed E-state index contributed by atoms with van der Waals surface area (Å²) in [6.07, 6.45) is 3.35. The molecule has 3 atom stereocenters. The summed E-state index contributed by atoms with van der Waals surface area (Å²) in [5, 5.41) is 15.4. The van der Waals surface area contributed by atoms with Gasteiger partial charge in [0.15, 0.2) is 0 Å². The Morgan fingerprint density at radius 1 is 1.20 bits per heavy atom. The van der Waals surface area contributed by atoms with Gasteiger partial charge in [-0.2, -0.15) is 23.5 Å². The minimum Gasteiger partial charge on any atom is -0.481 e. The van der Waals surface area contributed by atoms with E-state index in [9.17, 15) is 14.7 Å². The van der Waals surface area contributed by atoms with Gasteiger partial charge in [0, 0.05) is 35.1 Å². The van der Waals surface area contributed by atoms with Crippen molar-refractivity contribution in [3.8, 4) is 0 Å². The Labute approximate surface area is 128 Å². The molecule has 1 aliphatic heterocycles. The molecule has 1 saturated heterocycles. The van der Waals surface area contributed by atoms with E-state index in [-0.39, 0.29) is 12.1 Å². The second kappa shape index (κ2) is 8.02. The molecule has 114 valence electrons. The highest BCUT2D eigenvalue weighted by Gasteiger charge is 2.31. The van der Waals surface area contributed by atoms with Crippen molar-refractivity contribution in [3.05, 3.63) is 0 Å². The van der Waals surface area contributed by atoms with E-state index in [0.29, 0.717) is 18.2 Å². The maximum Gasteiger partial charge on any atom is 0.315 e. The van der Waals surface area contributed by atoms with Crippen LogP contribution >= 0.6 is 23.5 Å². The minimum absolute atomic E-state index is 0.223. The van der Waals surface area contributed by atoms with Gasteiger partial charge in [-0.3, -0.25) is 4.79 Å². The topological polar surface area (TPSA) is 78.4 Å². The number of nitrogens with one attached hydrogen (secondary N) is 2. The van der Waals surface area contributed by atoms with Crippen LogP contribution in [0.5, 0.6) is 0 Å². The molecule has 0 bridgehead atoms. The third kappa shape index (κ3) is 4.77. The van der Waals surface area contributed by atoms with Crippen LogP contribution in [0.2, 0.25) is 0 Å². The van der Waals surface area contributed by atoms with Crippen molar-refractivity contribution in [2.24, 2.45) is 5.92 Å². The third-order valence-electron chi connectivity index (χ3n) is 3.77. The van der Waals surface area contributed by atoms with Crippen molar-refractivity contribution in [3.63, 3.8) is 0 Å². The molecule has 2 aliphatic rings. The van der Waals surface area contributed by atoms with Gasteiger partial charge in [0.25, 0.3) is 0 Å². The summed E-state index contributed by atoms with van der Waals surface area (Å²) < 4.78 is 0. The van der Waals surface area contributed by atoms with E-state index in [2.05, 4.69) is 10.6 Å². The fourth-order valence-electron chi connectivity index (χ4n) is 2.68. The summed E-state index contributed by atoms with van der Waals surface area (Å²) in [7, 11) is 0. The van der Waals surface area contributed by atoms with Crippen LogP contribution in [0.25, 0.3) is 0 Å². The van der Waals surface area contributed by atoms with Gasteiger partial charge in [0.2, 0.25) is 0 Å². The summed E-state index contributed by atoms with van der Waals surface area (Å²) in [6, 6.07) is -0.450. The van der Waals surface area contributed by atoms with Crippen LogP contribution in [0, 0.1) is 5.92 Å². The van der Waals surface area contributed by atoms with Gasteiger partial charge in [0.05, 0.1) is 5.92 Å². The van der Waals surface area contributed by atoms with Crippen LogP contribution in [-0.4, -0.2) is 52.2 Å². The summed E-state index contributed by atoms with van der Waals surface area (Å²) in [6.45, 7) is 0.661. The van der Waals surface area contributed by atoms with Gasteiger partial charge >= 0.3 is 12.0 Å². The van der Waals surface area contributed by atoms with Gasteiger partial charge in [0.1, 0.15) is 0 Å². The Bertz CT molecular complexity index is 349. The quantitative estimate of drug-likeness (QED) is 0.736. The normalized spacial score (nSPS) is 30.5. The van der Waals surface area contributed by atoms with E-state index in [1.165, 1.54) is 5.75 Å². The molecule has 1 saturated carbocycles. The zero-order chi connectivity index (χ0) is 14.4. The molecule has 0 aromatic rings. The molecule has 0 aromatic heterocycles. The van der Waals surface area contributed by atoms with Crippen molar-refractivity contribution >= 4 is 35.5 Å².